The summed E-state index contributed by atoms with van der Waals surface area (Å²) < 4.78 is 55.6. The summed E-state index contributed by atoms with van der Waals surface area (Å²) in [5, 5.41) is 0. The minimum absolute atomic E-state index is 0.0374. The first-order valence-corrected chi connectivity index (χ1v) is 5.73. The second kappa shape index (κ2) is 1.65. The largest absolute Gasteiger partial charge is 0.255 e. The highest BCUT2D eigenvalue weighted by atomic mass is 19.3. The molecule has 0 unspecified atom stereocenters. The summed E-state index contributed by atoms with van der Waals surface area (Å²) in [6.07, 6.45) is 0.669. The molecule has 5 saturated carbocycles. The third-order valence-electron chi connectivity index (χ3n) is 6.28. The molecule has 0 aliphatic heterocycles. The second-order valence-electron chi connectivity index (χ2n) is 6.17. The van der Waals surface area contributed by atoms with Gasteiger partial charge in [-0.05, 0) is 30.1 Å². The van der Waals surface area contributed by atoms with Gasteiger partial charge in [0, 0.05) is 23.7 Å². The number of fused-ring (bicyclic) bond motifs is 2. The highest BCUT2D eigenvalue weighted by Crippen LogP contribution is 2.89. The highest BCUT2D eigenvalue weighted by molar-refractivity contribution is 5.34. The average molecular weight is 218 g/mol. The zero-order valence-electron chi connectivity index (χ0n) is 7.84. The maximum Gasteiger partial charge on any atom is 0.255 e. The van der Waals surface area contributed by atoms with E-state index in [0.29, 0.717) is 6.42 Å². The van der Waals surface area contributed by atoms with Gasteiger partial charge in [0.15, 0.2) is 0 Å². The van der Waals surface area contributed by atoms with Crippen molar-refractivity contribution in [2.24, 2.45) is 47.3 Å². The number of hydrogen-bond donors (Lipinski definition) is 0. The van der Waals surface area contributed by atoms with Crippen LogP contribution in [-0.2, 0) is 0 Å². The lowest BCUT2D eigenvalue weighted by molar-refractivity contribution is -0.250. The second-order valence-corrected chi connectivity index (χ2v) is 6.17. The van der Waals surface area contributed by atoms with Crippen molar-refractivity contribution < 1.29 is 17.6 Å². The number of halogens is 4. The Morgan fingerprint density at radius 2 is 1.07 bits per heavy atom. The van der Waals surface area contributed by atoms with Gasteiger partial charge in [-0.3, -0.25) is 0 Å². The molecule has 5 aliphatic carbocycles. The van der Waals surface area contributed by atoms with E-state index in [0.717, 1.165) is 0 Å². The summed E-state index contributed by atoms with van der Waals surface area (Å²) in [7, 11) is 0. The lowest BCUT2D eigenvalue weighted by atomic mass is 9.58. The molecule has 0 nitrogen and oxygen atoms in total. The third-order valence-corrected chi connectivity index (χ3v) is 6.28. The standard InChI is InChI=1S/C11H10F4/c12-10(13)6-2-1-3-5-4(2)8(10)9(5)11(14,15)7(3)6/h2-9H,1H2/t2-,3-,4+,5+,6-,7-,8-,9+/m1/s1. The minimum atomic E-state index is -2.77. The van der Waals surface area contributed by atoms with Gasteiger partial charge in [0.05, 0.1) is 0 Å². The van der Waals surface area contributed by atoms with E-state index in [4.69, 9.17) is 0 Å². The zero-order valence-corrected chi connectivity index (χ0v) is 7.84. The number of rotatable bonds is 0. The molecule has 15 heavy (non-hydrogen) atoms. The lowest BCUT2D eigenvalue weighted by Crippen LogP contribution is -2.57. The summed E-state index contributed by atoms with van der Waals surface area (Å²) in [5.74, 6) is -9.60. The monoisotopic (exact) mass is 218 g/mol. The van der Waals surface area contributed by atoms with Crippen molar-refractivity contribution in [2.45, 2.75) is 18.3 Å². The van der Waals surface area contributed by atoms with E-state index >= 15 is 0 Å². The molecular formula is C11H10F4. The van der Waals surface area contributed by atoms with E-state index in [1.165, 1.54) is 0 Å². The number of hydrogen-bond acceptors (Lipinski definition) is 0. The van der Waals surface area contributed by atoms with Gasteiger partial charge >= 0.3 is 0 Å². The first-order valence-electron chi connectivity index (χ1n) is 5.73. The fraction of sp³-hybridized carbons (Fsp3) is 1.00. The van der Waals surface area contributed by atoms with Crippen molar-refractivity contribution in [3.05, 3.63) is 0 Å². The Morgan fingerprint density at radius 3 is 1.47 bits per heavy atom. The van der Waals surface area contributed by atoms with Crippen molar-refractivity contribution in [2.75, 3.05) is 0 Å². The molecule has 4 heteroatoms. The van der Waals surface area contributed by atoms with Crippen LogP contribution in [0.1, 0.15) is 6.42 Å². The minimum Gasteiger partial charge on any atom is -0.206 e. The van der Waals surface area contributed by atoms with Crippen molar-refractivity contribution >= 4 is 0 Å². The topological polar surface area (TPSA) is 0 Å². The average Bonchev–Trinajstić information content (AvgIpc) is 2.52. The van der Waals surface area contributed by atoms with Crippen LogP contribution in [0, 0.1) is 47.3 Å². The molecule has 0 aromatic carbocycles. The van der Waals surface area contributed by atoms with Gasteiger partial charge in [0.1, 0.15) is 0 Å². The fourth-order valence-corrected chi connectivity index (χ4v) is 6.33. The highest BCUT2D eigenvalue weighted by Gasteiger charge is 2.93. The van der Waals surface area contributed by atoms with Gasteiger partial charge in [-0.25, -0.2) is 17.6 Å². The molecule has 5 fully saturated rings. The summed E-state index contributed by atoms with van der Waals surface area (Å²) in [6, 6.07) is 0. The number of alkyl halides is 4. The van der Waals surface area contributed by atoms with Crippen LogP contribution in [-0.4, -0.2) is 11.8 Å². The van der Waals surface area contributed by atoms with Gasteiger partial charge in [-0.1, -0.05) is 0 Å². The molecule has 82 valence electrons. The molecule has 0 saturated heterocycles. The summed E-state index contributed by atoms with van der Waals surface area (Å²) >= 11 is 0. The van der Waals surface area contributed by atoms with Crippen LogP contribution in [0.3, 0.4) is 0 Å². The molecule has 2 bridgehead atoms. The molecule has 0 N–H and O–H groups in total. The lowest BCUT2D eigenvalue weighted by Gasteiger charge is -2.49. The quantitative estimate of drug-likeness (QED) is 0.548. The summed E-state index contributed by atoms with van der Waals surface area (Å²) in [5.41, 5.74) is 0. The van der Waals surface area contributed by atoms with Crippen LogP contribution in [0.25, 0.3) is 0 Å². The van der Waals surface area contributed by atoms with Crippen LogP contribution in [0.15, 0.2) is 0 Å². The van der Waals surface area contributed by atoms with Crippen molar-refractivity contribution in [3.8, 4) is 0 Å². The van der Waals surface area contributed by atoms with Crippen LogP contribution >= 0.6 is 0 Å². The van der Waals surface area contributed by atoms with E-state index in [2.05, 4.69) is 0 Å². The Kier molecular flexibility index (Phi) is 0.868. The summed E-state index contributed by atoms with van der Waals surface area (Å²) in [6.45, 7) is 0. The van der Waals surface area contributed by atoms with E-state index in [1.54, 1.807) is 0 Å². The van der Waals surface area contributed by atoms with E-state index in [-0.39, 0.29) is 23.7 Å². The first-order chi connectivity index (χ1) is 6.97. The zero-order chi connectivity index (χ0) is 10.3. The normalized spacial score (nSPS) is 72.8. The molecule has 0 aromatic rings. The van der Waals surface area contributed by atoms with Crippen LogP contribution < -0.4 is 0 Å². The molecule has 0 spiro atoms. The molecule has 0 heterocycles. The van der Waals surface area contributed by atoms with Crippen molar-refractivity contribution in [1.29, 1.82) is 0 Å². The van der Waals surface area contributed by atoms with Crippen LogP contribution in [0.5, 0.6) is 0 Å². The molecule has 0 aromatic heterocycles. The van der Waals surface area contributed by atoms with Gasteiger partial charge in [-0.15, -0.1) is 0 Å². The Labute approximate surface area is 84.0 Å². The molecule has 0 radical (unpaired) electrons. The molecule has 8 atom stereocenters. The van der Waals surface area contributed by atoms with Gasteiger partial charge in [0.2, 0.25) is 0 Å². The van der Waals surface area contributed by atoms with Crippen LogP contribution in [0.4, 0.5) is 17.6 Å². The maximum atomic E-state index is 13.9. The Balaban J connectivity index is 1.83. The van der Waals surface area contributed by atoms with E-state index in [1.807, 2.05) is 0 Å². The third kappa shape index (κ3) is 0.464. The van der Waals surface area contributed by atoms with Gasteiger partial charge in [0.25, 0.3) is 11.8 Å². The maximum absolute atomic E-state index is 13.9. The Bertz CT molecular complexity index is 350. The Hall–Kier alpha value is -0.280. The molecule has 0 amide bonds. The first kappa shape index (κ1) is 7.91. The SMILES string of the molecule is FC1(F)[C@@H]2[C@@H]3C[C@@H]4[C@H]5[C@H]3[C@@H]1[C@H]5C(F)(F)[C@H]42. The van der Waals surface area contributed by atoms with Crippen molar-refractivity contribution in [1.82, 2.24) is 0 Å². The van der Waals surface area contributed by atoms with Crippen molar-refractivity contribution in [3.63, 3.8) is 0 Å². The fourth-order valence-electron chi connectivity index (χ4n) is 6.33. The van der Waals surface area contributed by atoms with Gasteiger partial charge in [-0.2, -0.15) is 0 Å². The van der Waals surface area contributed by atoms with E-state index < -0.39 is 35.5 Å². The summed E-state index contributed by atoms with van der Waals surface area (Å²) in [4.78, 5) is 0. The molecule has 5 aliphatic rings. The molecular weight excluding hydrogens is 208 g/mol. The van der Waals surface area contributed by atoms with Crippen LogP contribution in [0.2, 0.25) is 0 Å². The smallest absolute Gasteiger partial charge is 0.206 e. The van der Waals surface area contributed by atoms with E-state index in [9.17, 15) is 17.6 Å². The van der Waals surface area contributed by atoms with Gasteiger partial charge < -0.3 is 0 Å². The predicted molar refractivity (Wildman–Crippen MR) is 42.4 cm³/mol. The molecule has 5 rings (SSSR count). The Morgan fingerprint density at radius 1 is 0.667 bits per heavy atom. The predicted octanol–water partition coefficient (Wildman–Crippen LogP) is 2.64.